The van der Waals surface area contributed by atoms with Gasteiger partial charge in [-0.25, -0.2) is 22.5 Å². The van der Waals surface area contributed by atoms with Crippen LogP contribution in [-0.4, -0.2) is 38.8 Å². The van der Waals surface area contributed by atoms with Crippen molar-refractivity contribution in [2.24, 2.45) is 0 Å². The van der Waals surface area contributed by atoms with Crippen molar-refractivity contribution in [3.05, 3.63) is 46.2 Å². The Bertz CT molecular complexity index is 812. The lowest BCUT2D eigenvalue weighted by atomic mass is 10.1. The van der Waals surface area contributed by atoms with Gasteiger partial charge in [0.1, 0.15) is 5.82 Å². The van der Waals surface area contributed by atoms with E-state index in [-0.39, 0.29) is 11.5 Å². The maximum atomic E-state index is 13.5. The van der Waals surface area contributed by atoms with E-state index in [1.165, 1.54) is 23.5 Å². The first kappa shape index (κ1) is 18.4. The molecule has 6 nitrogen and oxygen atoms in total. The Kier molecular flexibility index (Phi) is 5.80. The molecule has 3 rings (SSSR count). The molecule has 9 heteroatoms. The van der Waals surface area contributed by atoms with E-state index in [2.05, 4.69) is 9.71 Å². The van der Waals surface area contributed by atoms with Gasteiger partial charge in [0.15, 0.2) is 0 Å². The van der Waals surface area contributed by atoms with Gasteiger partial charge >= 0.3 is 0 Å². The average Bonchev–Trinajstić information content (AvgIpc) is 3.09. The summed E-state index contributed by atoms with van der Waals surface area (Å²) in [6, 6.07) is 3.27. The molecule has 1 aliphatic heterocycles. The molecule has 0 unspecified atom stereocenters. The van der Waals surface area contributed by atoms with E-state index in [0.29, 0.717) is 25.2 Å². The lowest BCUT2D eigenvalue weighted by Gasteiger charge is -2.31. The lowest BCUT2D eigenvalue weighted by Crippen LogP contribution is -2.49. The normalized spacial score (nSPS) is 21.4. The Morgan fingerprint density at radius 2 is 2.32 bits per heavy atom. The number of aromatic nitrogens is 1. The van der Waals surface area contributed by atoms with Gasteiger partial charge in [0, 0.05) is 12.0 Å². The minimum Gasteiger partial charge on any atom is -0.379 e. The van der Waals surface area contributed by atoms with E-state index in [1.54, 1.807) is 12.4 Å². The molecule has 2 heterocycles. The molecule has 136 valence electrons. The minimum absolute atomic E-state index is 0.0581. The van der Waals surface area contributed by atoms with Crippen molar-refractivity contribution in [2.75, 3.05) is 13.2 Å². The molecular weight excluding hydrogens is 367 g/mol. The molecule has 1 fully saturated rings. The molecule has 25 heavy (non-hydrogen) atoms. The molecule has 0 saturated carbocycles. The third-order valence-corrected chi connectivity index (χ3v) is 6.25. The molecule has 1 aliphatic rings. The summed E-state index contributed by atoms with van der Waals surface area (Å²) in [6.45, 7) is 2.65. The van der Waals surface area contributed by atoms with Gasteiger partial charge in [0.05, 0.1) is 41.5 Å². The summed E-state index contributed by atoms with van der Waals surface area (Å²) in [5.74, 6) is -0.589. The van der Waals surface area contributed by atoms with Crippen molar-refractivity contribution >= 4 is 21.4 Å². The summed E-state index contributed by atoms with van der Waals surface area (Å²) in [6.07, 6.45) is 0.0501. The molecule has 0 spiro atoms. The highest BCUT2D eigenvalue weighted by Crippen LogP contribution is 2.20. The van der Waals surface area contributed by atoms with Crippen LogP contribution in [0.1, 0.15) is 17.7 Å². The van der Waals surface area contributed by atoms with Crippen LogP contribution in [0.5, 0.6) is 0 Å². The lowest BCUT2D eigenvalue weighted by molar-refractivity contribution is -0.0718. The molecule has 1 saturated heterocycles. The topological polar surface area (TPSA) is 77.5 Å². The second kappa shape index (κ2) is 7.88. The molecule has 0 aliphatic carbocycles. The van der Waals surface area contributed by atoms with Gasteiger partial charge < -0.3 is 9.47 Å². The predicted molar refractivity (Wildman–Crippen MR) is 91.4 cm³/mol. The van der Waals surface area contributed by atoms with Crippen LogP contribution in [0.25, 0.3) is 0 Å². The number of nitrogens with one attached hydrogen (secondary N) is 1. The van der Waals surface area contributed by atoms with Crippen LogP contribution in [0.2, 0.25) is 0 Å². The highest BCUT2D eigenvalue weighted by atomic mass is 32.2. The van der Waals surface area contributed by atoms with E-state index < -0.39 is 28.0 Å². The van der Waals surface area contributed by atoms with Gasteiger partial charge in [0.2, 0.25) is 10.0 Å². The molecule has 2 aromatic rings. The summed E-state index contributed by atoms with van der Waals surface area (Å²) in [4.78, 5) is 4.08. The summed E-state index contributed by atoms with van der Waals surface area (Å²) in [5, 5.41) is 1.87. The van der Waals surface area contributed by atoms with Crippen molar-refractivity contribution in [1.29, 1.82) is 0 Å². The summed E-state index contributed by atoms with van der Waals surface area (Å²) >= 11 is 1.47. The maximum absolute atomic E-state index is 13.5. The Hall–Kier alpha value is -1.39. The third-order valence-electron chi connectivity index (χ3n) is 3.98. The first-order valence-corrected chi connectivity index (χ1v) is 10.2. The quantitative estimate of drug-likeness (QED) is 0.824. The summed E-state index contributed by atoms with van der Waals surface area (Å²) < 4.78 is 52.6. The predicted octanol–water partition coefficient (Wildman–Crippen LogP) is 2.24. The van der Waals surface area contributed by atoms with Crippen molar-refractivity contribution < 1.29 is 22.3 Å². The Morgan fingerprint density at radius 1 is 1.48 bits per heavy atom. The molecular formula is C16H19FN2O4S2. The Labute approximate surface area is 150 Å². The minimum atomic E-state index is -3.86. The SMILES string of the molecule is Cc1ccc(F)cc1S(=O)(=O)N[C@@H]1CCOC[C@H]1OCc1cscn1. The number of sulfonamides is 1. The van der Waals surface area contributed by atoms with Gasteiger partial charge in [0.25, 0.3) is 0 Å². The summed E-state index contributed by atoms with van der Waals surface area (Å²) in [7, 11) is -3.86. The fraction of sp³-hybridized carbons (Fsp3) is 0.438. The van der Waals surface area contributed by atoms with Crippen LogP contribution in [0.15, 0.2) is 34.0 Å². The number of benzene rings is 1. The molecule has 1 N–H and O–H groups in total. The highest BCUT2D eigenvalue weighted by Gasteiger charge is 2.31. The highest BCUT2D eigenvalue weighted by molar-refractivity contribution is 7.89. The monoisotopic (exact) mass is 386 g/mol. The van der Waals surface area contributed by atoms with E-state index in [1.807, 2.05) is 5.38 Å². The fourth-order valence-corrected chi connectivity index (χ4v) is 4.74. The van der Waals surface area contributed by atoms with Crippen LogP contribution in [0.3, 0.4) is 0 Å². The van der Waals surface area contributed by atoms with Crippen LogP contribution in [0.4, 0.5) is 4.39 Å². The van der Waals surface area contributed by atoms with Crippen molar-refractivity contribution in [3.63, 3.8) is 0 Å². The van der Waals surface area contributed by atoms with Crippen LogP contribution in [0, 0.1) is 12.7 Å². The molecule has 2 atom stereocenters. The van der Waals surface area contributed by atoms with E-state index in [4.69, 9.17) is 9.47 Å². The van der Waals surface area contributed by atoms with Crippen molar-refractivity contribution in [2.45, 2.75) is 37.0 Å². The fourth-order valence-electron chi connectivity index (χ4n) is 2.64. The number of ether oxygens (including phenoxy) is 2. The third kappa shape index (κ3) is 4.62. The van der Waals surface area contributed by atoms with Crippen LogP contribution >= 0.6 is 11.3 Å². The van der Waals surface area contributed by atoms with Crippen molar-refractivity contribution in [3.8, 4) is 0 Å². The number of rotatable bonds is 6. The molecule has 0 bridgehead atoms. The first-order chi connectivity index (χ1) is 12.0. The van der Waals surface area contributed by atoms with Crippen molar-refractivity contribution in [1.82, 2.24) is 9.71 Å². The zero-order chi connectivity index (χ0) is 17.9. The largest absolute Gasteiger partial charge is 0.379 e. The summed E-state index contributed by atoms with van der Waals surface area (Å²) in [5.41, 5.74) is 2.99. The second-order valence-electron chi connectivity index (χ2n) is 5.83. The number of nitrogens with zero attached hydrogens (tertiary/aromatic N) is 1. The average molecular weight is 386 g/mol. The molecule has 1 aromatic carbocycles. The van der Waals surface area contributed by atoms with Gasteiger partial charge in [-0.3, -0.25) is 0 Å². The number of halogens is 1. The molecule has 0 amide bonds. The second-order valence-corrected chi connectivity index (χ2v) is 8.23. The standard InChI is InChI=1S/C16H19FN2O4S2/c1-11-2-3-12(17)6-16(11)25(20,21)19-14-4-5-22-8-15(14)23-7-13-9-24-10-18-13/h2-3,6,9-10,14-15,19H,4-5,7-8H2,1H3/t14-,15-/m1/s1. The Morgan fingerprint density at radius 3 is 3.08 bits per heavy atom. The number of hydrogen-bond acceptors (Lipinski definition) is 6. The smallest absolute Gasteiger partial charge is 0.241 e. The Balaban J connectivity index is 1.72. The molecule has 1 aromatic heterocycles. The molecule has 0 radical (unpaired) electrons. The van der Waals surface area contributed by atoms with E-state index in [9.17, 15) is 12.8 Å². The van der Waals surface area contributed by atoms with Crippen LogP contribution in [-0.2, 0) is 26.1 Å². The number of thiazole rings is 1. The van der Waals surface area contributed by atoms with Gasteiger partial charge in [-0.1, -0.05) is 6.07 Å². The zero-order valence-electron chi connectivity index (χ0n) is 13.6. The van der Waals surface area contributed by atoms with Gasteiger partial charge in [-0.15, -0.1) is 11.3 Å². The van der Waals surface area contributed by atoms with E-state index in [0.717, 1.165) is 11.8 Å². The maximum Gasteiger partial charge on any atom is 0.241 e. The number of aryl methyl sites for hydroxylation is 1. The van der Waals surface area contributed by atoms with Gasteiger partial charge in [-0.05, 0) is 31.0 Å². The zero-order valence-corrected chi connectivity index (χ0v) is 15.3. The van der Waals surface area contributed by atoms with Gasteiger partial charge in [-0.2, -0.15) is 0 Å². The van der Waals surface area contributed by atoms with Crippen LogP contribution < -0.4 is 4.72 Å². The first-order valence-electron chi connectivity index (χ1n) is 7.80. The number of hydrogen-bond donors (Lipinski definition) is 1. The van der Waals surface area contributed by atoms with E-state index >= 15 is 0 Å².